The van der Waals surface area contributed by atoms with Crippen molar-refractivity contribution < 1.29 is 26.3 Å². The van der Waals surface area contributed by atoms with Crippen molar-refractivity contribution in [1.29, 1.82) is 0 Å². The molecule has 1 aromatic carbocycles. The predicted octanol–water partition coefficient (Wildman–Crippen LogP) is 3.44. The third-order valence-corrected chi connectivity index (χ3v) is 2.38. The Bertz CT molecular complexity index is 404. The summed E-state index contributed by atoms with van der Waals surface area (Å²) in [6.07, 6.45) is -9.84. The fourth-order valence-electron chi connectivity index (χ4n) is 1.34. The van der Waals surface area contributed by atoms with Crippen LogP contribution in [0.2, 0.25) is 0 Å². The molecule has 0 aliphatic rings. The number of halogens is 6. The van der Waals surface area contributed by atoms with Crippen molar-refractivity contribution >= 4 is 0 Å². The highest BCUT2D eigenvalue weighted by Gasteiger charge is 2.52. The van der Waals surface area contributed by atoms with E-state index in [0.717, 1.165) is 18.2 Å². The molecule has 0 heterocycles. The van der Waals surface area contributed by atoms with Gasteiger partial charge in [0.05, 0.1) is 5.56 Å². The van der Waals surface area contributed by atoms with E-state index in [4.69, 9.17) is 5.73 Å². The van der Waals surface area contributed by atoms with E-state index in [1.807, 2.05) is 0 Å². The van der Waals surface area contributed by atoms with Gasteiger partial charge in [0, 0.05) is 0 Å². The second kappa shape index (κ2) is 3.90. The van der Waals surface area contributed by atoms with E-state index in [1.54, 1.807) is 0 Å². The summed E-state index contributed by atoms with van der Waals surface area (Å²) in [4.78, 5) is 0. The molecule has 0 bridgehead atoms. The maximum absolute atomic E-state index is 12.6. The summed E-state index contributed by atoms with van der Waals surface area (Å²) >= 11 is 0. The molecule has 0 amide bonds. The zero-order valence-electron chi connectivity index (χ0n) is 8.65. The maximum Gasteiger partial charge on any atom is 0.416 e. The summed E-state index contributed by atoms with van der Waals surface area (Å²) in [6.45, 7) is 0.511. The molecule has 0 radical (unpaired) electrons. The number of benzene rings is 1. The first-order valence-corrected chi connectivity index (χ1v) is 4.50. The molecule has 1 atom stereocenters. The van der Waals surface area contributed by atoms with Crippen LogP contribution in [0.15, 0.2) is 24.3 Å². The average molecular weight is 257 g/mol. The number of hydrogen-bond acceptors (Lipinski definition) is 1. The molecule has 1 nitrogen and oxygen atoms in total. The average Bonchev–Trinajstić information content (AvgIpc) is 2.14. The van der Waals surface area contributed by atoms with E-state index < -0.39 is 29.0 Å². The van der Waals surface area contributed by atoms with Crippen LogP contribution < -0.4 is 5.73 Å². The summed E-state index contributed by atoms with van der Waals surface area (Å²) < 4.78 is 75.4. The van der Waals surface area contributed by atoms with Gasteiger partial charge in [-0.3, -0.25) is 0 Å². The van der Waals surface area contributed by atoms with E-state index in [-0.39, 0.29) is 0 Å². The lowest BCUT2D eigenvalue weighted by molar-refractivity contribution is -0.187. The summed E-state index contributed by atoms with van der Waals surface area (Å²) in [6, 6.07) is 3.41. The van der Waals surface area contributed by atoms with Crippen molar-refractivity contribution in [3.63, 3.8) is 0 Å². The molecule has 1 rings (SSSR count). The summed E-state index contributed by atoms with van der Waals surface area (Å²) in [5, 5.41) is 0. The Labute approximate surface area is 93.2 Å². The smallest absolute Gasteiger partial charge is 0.314 e. The molecule has 0 saturated heterocycles. The number of rotatable bonds is 1. The van der Waals surface area contributed by atoms with Gasteiger partial charge in [-0.05, 0) is 18.6 Å². The Morgan fingerprint density at radius 1 is 0.882 bits per heavy atom. The Kier molecular flexibility index (Phi) is 3.17. The molecule has 0 aliphatic carbocycles. The molecule has 0 aliphatic heterocycles. The lowest BCUT2D eigenvalue weighted by Crippen LogP contribution is -2.48. The highest BCUT2D eigenvalue weighted by atomic mass is 19.4. The predicted molar refractivity (Wildman–Crippen MR) is 49.0 cm³/mol. The summed E-state index contributed by atoms with van der Waals surface area (Å²) in [5.41, 5.74) is -0.414. The monoisotopic (exact) mass is 257 g/mol. The maximum atomic E-state index is 12.6. The van der Waals surface area contributed by atoms with Crippen LogP contribution in [0.3, 0.4) is 0 Å². The molecule has 0 spiro atoms. The lowest BCUT2D eigenvalue weighted by Gasteiger charge is -2.30. The second-order valence-electron chi connectivity index (χ2n) is 3.74. The first-order valence-electron chi connectivity index (χ1n) is 4.50. The normalized spacial score (nSPS) is 16.7. The fraction of sp³-hybridized carbons (Fsp3) is 0.400. The summed E-state index contributed by atoms with van der Waals surface area (Å²) in [5.74, 6) is 0. The van der Waals surface area contributed by atoms with Crippen molar-refractivity contribution in [2.45, 2.75) is 24.8 Å². The molecule has 2 N–H and O–H groups in total. The second-order valence-corrected chi connectivity index (χ2v) is 3.74. The fourth-order valence-corrected chi connectivity index (χ4v) is 1.34. The van der Waals surface area contributed by atoms with E-state index in [2.05, 4.69) is 0 Å². The van der Waals surface area contributed by atoms with E-state index in [0.29, 0.717) is 13.0 Å². The Morgan fingerprint density at radius 2 is 1.29 bits per heavy atom. The van der Waals surface area contributed by atoms with Crippen molar-refractivity contribution in [2.24, 2.45) is 5.73 Å². The molecular weight excluding hydrogens is 248 g/mol. The van der Waals surface area contributed by atoms with Crippen LogP contribution in [-0.4, -0.2) is 6.18 Å². The van der Waals surface area contributed by atoms with Gasteiger partial charge in [0.2, 0.25) is 0 Å². The zero-order chi connectivity index (χ0) is 13.5. The third-order valence-electron chi connectivity index (χ3n) is 2.38. The highest BCUT2D eigenvalue weighted by Crippen LogP contribution is 2.42. The Hall–Kier alpha value is -1.24. The minimum atomic E-state index is -4.96. The van der Waals surface area contributed by atoms with Crippen LogP contribution in [0.5, 0.6) is 0 Å². The van der Waals surface area contributed by atoms with Gasteiger partial charge in [0.25, 0.3) is 0 Å². The Balaban J connectivity index is 3.43. The zero-order valence-corrected chi connectivity index (χ0v) is 8.65. The molecule has 1 aromatic rings. The number of nitrogens with two attached hydrogens (primary N) is 1. The molecule has 0 saturated carbocycles. The number of hydrogen-bond donors (Lipinski definition) is 1. The van der Waals surface area contributed by atoms with E-state index >= 15 is 0 Å². The topological polar surface area (TPSA) is 26.0 Å². The SMILES string of the molecule is CC(N)(c1ccccc1C(F)(F)F)C(F)(F)F. The van der Waals surface area contributed by atoms with Crippen molar-refractivity contribution in [2.75, 3.05) is 0 Å². The first-order chi connectivity index (χ1) is 7.48. The molecule has 0 aromatic heterocycles. The lowest BCUT2D eigenvalue weighted by atomic mass is 9.88. The van der Waals surface area contributed by atoms with Gasteiger partial charge in [-0.1, -0.05) is 18.2 Å². The van der Waals surface area contributed by atoms with Crippen molar-refractivity contribution in [1.82, 2.24) is 0 Å². The van der Waals surface area contributed by atoms with Crippen molar-refractivity contribution in [3.8, 4) is 0 Å². The highest BCUT2D eigenvalue weighted by molar-refractivity contribution is 5.36. The largest absolute Gasteiger partial charge is 0.416 e. The van der Waals surface area contributed by atoms with Crippen LogP contribution in [0.25, 0.3) is 0 Å². The van der Waals surface area contributed by atoms with Gasteiger partial charge in [-0.2, -0.15) is 26.3 Å². The number of alkyl halides is 6. The van der Waals surface area contributed by atoms with Crippen LogP contribution in [0.4, 0.5) is 26.3 Å². The van der Waals surface area contributed by atoms with Crippen LogP contribution >= 0.6 is 0 Å². The molecule has 0 fully saturated rings. The van der Waals surface area contributed by atoms with Gasteiger partial charge < -0.3 is 5.73 Å². The van der Waals surface area contributed by atoms with Gasteiger partial charge >= 0.3 is 12.4 Å². The van der Waals surface area contributed by atoms with Crippen molar-refractivity contribution in [3.05, 3.63) is 35.4 Å². The quantitative estimate of drug-likeness (QED) is 0.766. The van der Waals surface area contributed by atoms with Gasteiger partial charge in [0.15, 0.2) is 0 Å². The minimum Gasteiger partial charge on any atom is -0.314 e. The van der Waals surface area contributed by atoms with Crippen LogP contribution in [0.1, 0.15) is 18.1 Å². The molecular formula is C10H9F6N. The molecule has 1 unspecified atom stereocenters. The van der Waals surface area contributed by atoms with E-state index in [9.17, 15) is 26.3 Å². The van der Waals surface area contributed by atoms with Gasteiger partial charge in [-0.15, -0.1) is 0 Å². The standard InChI is InChI=1S/C10H9F6N/c1-8(17,10(14,15)16)6-4-2-3-5-7(6)9(11,12)13/h2-5H,17H2,1H3. The summed E-state index contributed by atoms with van der Waals surface area (Å²) in [7, 11) is 0. The van der Waals surface area contributed by atoms with Gasteiger partial charge in [0.1, 0.15) is 5.54 Å². The first kappa shape index (κ1) is 13.8. The van der Waals surface area contributed by atoms with Gasteiger partial charge in [-0.25, -0.2) is 0 Å². The van der Waals surface area contributed by atoms with Crippen LogP contribution in [0, 0.1) is 0 Å². The van der Waals surface area contributed by atoms with E-state index in [1.165, 1.54) is 0 Å². The molecule has 96 valence electrons. The third kappa shape index (κ3) is 2.54. The molecule has 7 heteroatoms. The van der Waals surface area contributed by atoms with Crippen LogP contribution in [-0.2, 0) is 11.7 Å². The Morgan fingerprint density at radius 3 is 1.65 bits per heavy atom. The molecule has 17 heavy (non-hydrogen) atoms. The minimum absolute atomic E-state index is 0.511.